The number of benzene rings is 1. The second-order valence-corrected chi connectivity index (χ2v) is 4.95. The molecular formula is C16H11ClN2O2. The van der Waals surface area contributed by atoms with Gasteiger partial charge in [-0.15, -0.1) is 0 Å². The molecule has 3 rings (SSSR count). The van der Waals surface area contributed by atoms with Gasteiger partial charge in [0, 0.05) is 23.8 Å². The van der Waals surface area contributed by atoms with Crippen molar-refractivity contribution >= 4 is 29.5 Å². The fourth-order valence-corrected chi connectivity index (χ4v) is 2.05. The quantitative estimate of drug-likeness (QED) is 0.645. The lowest BCUT2D eigenvalue weighted by Crippen LogP contribution is -2.06. The maximum absolute atomic E-state index is 11.8. The summed E-state index contributed by atoms with van der Waals surface area (Å²) in [6, 6.07) is 11.0. The zero-order valence-electron chi connectivity index (χ0n) is 11.0. The minimum Gasteiger partial charge on any atom is -0.406 e. The highest BCUT2D eigenvalue weighted by Gasteiger charge is 2.22. The summed E-state index contributed by atoms with van der Waals surface area (Å²) < 4.78 is 5.17. The number of pyridine rings is 1. The Labute approximate surface area is 126 Å². The van der Waals surface area contributed by atoms with E-state index < -0.39 is 5.97 Å². The molecule has 0 bridgehead atoms. The summed E-state index contributed by atoms with van der Waals surface area (Å²) in [5.41, 5.74) is 2.07. The first-order valence-electron chi connectivity index (χ1n) is 6.36. The van der Waals surface area contributed by atoms with Gasteiger partial charge in [0.05, 0.1) is 0 Å². The molecule has 5 heteroatoms. The van der Waals surface area contributed by atoms with Crippen molar-refractivity contribution in [1.29, 1.82) is 0 Å². The topological polar surface area (TPSA) is 51.5 Å². The molecule has 104 valence electrons. The molecule has 0 saturated heterocycles. The lowest BCUT2D eigenvalue weighted by atomic mass is 10.1. The third-order valence-electron chi connectivity index (χ3n) is 2.92. The fraction of sp³-hybridized carbons (Fsp3) is 0.0625. The summed E-state index contributed by atoms with van der Waals surface area (Å²) in [5, 5.41) is 0.668. The Kier molecular flexibility index (Phi) is 3.79. The third kappa shape index (κ3) is 3.35. The number of cyclic esters (lactones) is 1. The van der Waals surface area contributed by atoms with Gasteiger partial charge in [0.1, 0.15) is 0 Å². The van der Waals surface area contributed by atoms with Gasteiger partial charge in [0.15, 0.2) is 5.70 Å². The summed E-state index contributed by atoms with van der Waals surface area (Å²) in [7, 11) is 0. The molecule has 1 aromatic carbocycles. The van der Waals surface area contributed by atoms with E-state index in [1.807, 2.05) is 18.2 Å². The van der Waals surface area contributed by atoms with Crippen LogP contribution in [-0.4, -0.2) is 16.9 Å². The maximum Gasteiger partial charge on any atom is 0.363 e. The first kappa shape index (κ1) is 13.5. The Hall–Kier alpha value is -2.46. The van der Waals surface area contributed by atoms with Crippen LogP contribution in [0.2, 0.25) is 5.02 Å². The van der Waals surface area contributed by atoms with Gasteiger partial charge in [-0.05, 0) is 35.4 Å². The number of hydrogen-bond donors (Lipinski definition) is 0. The van der Waals surface area contributed by atoms with Crippen LogP contribution in [0.25, 0.3) is 6.08 Å². The van der Waals surface area contributed by atoms with E-state index in [9.17, 15) is 4.79 Å². The zero-order chi connectivity index (χ0) is 14.7. The van der Waals surface area contributed by atoms with Crippen LogP contribution in [0.15, 0.2) is 59.5 Å². The van der Waals surface area contributed by atoms with E-state index in [1.165, 1.54) is 0 Å². The summed E-state index contributed by atoms with van der Waals surface area (Å²) in [5.74, 6) is -0.0553. The Morgan fingerprint density at radius 3 is 2.71 bits per heavy atom. The monoisotopic (exact) mass is 298 g/mol. The van der Waals surface area contributed by atoms with Crippen LogP contribution >= 0.6 is 11.6 Å². The molecule has 0 N–H and O–H groups in total. The predicted molar refractivity (Wildman–Crippen MR) is 80.9 cm³/mol. The Morgan fingerprint density at radius 1 is 1.19 bits per heavy atom. The fourth-order valence-electron chi connectivity index (χ4n) is 1.93. The van der Waals surface area contributed by atoms with Crippen molar-refractivity contribution in [1.82, 2.24) is 4.98 Å². The predicted octanol–water partition coefficient (Wildman–Crippen LogP) is 3.27. The number of aromatic nitrogens is 1. The number of ether oxygens (including phenoxy) is 1. The first-order valence-corrected chi connectivity index (χ1v) is 6.74. The average molecular weight is 299 g/mol. The van der Waals surface area contributed by atoms with Crippen LogP contribution in [0.1, 0.15) is 11.1 Å². The smallest absolute Gasteiger partial charge is 0.363 e. The van der Waals surface area contributed by atoms with Gasteiger partial charge in [0.25, 0.3) is 0 Å². The molecule has 0 atom stereocenters. The standard InChI is InChI=1S/C16H11ClN2O2/c17-13-5-3-11(4-6-13)9-15-19-14(16(20)21-15)8-12-2-1-7-18-10-12/h1-8,10H,9H2/b14-8+. The minimum atomic E-state index is -0.442. The number of carbonyl (C=O) groups excluding carboxylic acids is 1. The molecule has 0 amide bonds. The molecule has 4 nitrogen and oxygen atoms in total. The van der Waals surface area contributed by atoms with E-state index in [1.54, 1.807) is 36.7 Å². The number of hydrogen-bond acceptors (Lipinski definition) is 4. The molecule has 21 heavy (non-hydrogen) atoms. The van der Waals surface area contributed by atoms with Crippen LogP contribution in [0.4, 0.5) is 0 Å². The largest absolute Gasteiger partial charge is 0.406 e. The maximum atomic E-state index is 11.8. The van der Waals surface area contributed by atoms with E-state index in [2.05, 4.69) is 9.98 Å². The number of esters is 1. The van der Waals surface area contributed by atoms with Crippen LogP contribution in [0.3, 0.4) is 0 Å². The normalized spacial score (nSPS) is 16.0. The van der Waals surface area contributed by atoms with Crippen molar-refractivity contribution in [3.63, 3.8) is 0 Å². The van der Waals surface area contributed by atoms with Crippen LogP contribution < -0.4 is 0 Å². The molecule has 0 fully saturated rings. The lowest BCUT2D eigenvalue weighted by Gasteiger charge is -1.99. The third-order valence-corrected chi connectivity index (χ3v) is 3.17. The summed E-state index contributed by atoms with van der Waals surface area (Å²) >= 11 is 5.83. The van der Waals surface area contributed by atoms with E-state index in [0.29, 0.717) is 17.3 Å². The molecule has 0 saturated carbocycles. The lowest BCUT2D eigenvalue weighted by molar-refractivity contribution is -0.130. The second kappa shape index (κ2) is 5.89. The molecule has 2 heterocycles. The number of aliphatic imine (C=N–C) groups is 1. The summed E-state index contributed by atoms with van der Waals surface area (Å²) in [4.78, 5) is 20.0. The van der Waals surface area contributed by atoms with E-state index in [-0.39, 0.29) is 5.70 Å². The van der Waals surface area contributed by atoms with Gasteiger partial charge >= 0.3 is 5.97 Å². The molecular weight excluding hydrogens is 288 g/mol. The van der Waals surface area contributed by atoms with Crippen molar-refractivity contribution in [2.24, 2.45) is 4.99 Å². The average Bonchev–Trinajstić information content (AvgIpc) is 2.82. The molecule has 1 aromatic heterocycles. The van der Waals surface area contributed by atoms with Crippen molar-refractivity contribution < 1.29 is 9.53 Å². The van der Waals surface area contributed by atoms with Crippen molar-refractivity contribution in [3.05, 3.63) is 70.6 Å². The molecule has 2 aromatic rings. The van der Waals surface area contributed by atoms with Crippen molar-refractivity contribution in [2.75, 3.05) is 0 Å². The van der Waals surface area contributed by atoms with E-state index >= 15 is 0 Å². The first-order chi connectivity index (χ1) is 10.2. The van der Waals surface area contributed by atoms with Gasteiger partial charge in [0.2, 0.25) is 5.90 Å². The molecule has 0 unspecified atom stereocenters. The van der Waals surface area contributed by atoms with E-state index in [4.69, 9.17) is 16.3 Å². The summed E-state index contributed by atoms with van der Waals surface area (Å²) in [6.45, 7) is 0. The number of halogens is 1. The molecule has 0 radical (unpaired) electrons. The van der Waals surface area contributed by atoms with Gasteiger partial charge in [-0.2, -0.15) is 0 Å². The highest BCUT2D eigenvalue weighted by atomic mass is 35.5. The SMILES string of the molecule is O=C1OC(Cc2ccc(Cl)cc2)=N/C1=C/c1cccnc1. The molecule has 0 spiro atoms. The van der Waals surface area contributed by atoms with Gasteiger partial charge in [-0.25, -0.2) is 9.79 Å². The van der Waals surface area contributed by atoms with Crippen LogP contribution in [0, 0.1) is 0 Å². The number of carbonyl (C=O) groups is 1. The second-order valence-electron chi connectivity index (χ2n) is 4.51. The van der Waals surface area contributed by atoms with Gasteiger partial charge in [-0.3, -0.25) is 4.98 Å². The van der Waals surface area contributed by atoms with E-state index in [0.717, 1.165) is 11.1 Å². The summed E-state index contributed by atoms with van der Waals surface area (Å²) in [6.07, 6.45) is 5.44. The van der Waals surface area contributed by atoms with Crippen LogP contribution in [0.5, 0.6) is 0 Å². The Balaban J connectivity index is 1.79. The minimum absolute atomic E-state index is 0.284. The van der Waals surface area contributed by atoms with Crippen molar-refractivity contribution in [2.45, 2.75) is 6.42 Å². The Morgan fingerprint density at radius 2 is 2.00 bits per heavy atom. The zero-order valence-corrected chi connectivity index (χ0v) is 11.7. The van der Waals surface area contributed by atoms with Gasteiger partial charge in [-0.1, -0.05) is 29.8 Å². The number of nitrogens with zero attached hydrogens (tertiary/aromatic N) is 2. The van der Waals surface area contributed by atoms with Crippen molar-refractivity contribution in [3.8, 4) is 0 Å². The van der Waals surface area contributed by atoms with Gasteiger partial charge < -0.3 is 4.74 Å². The Bertz CT molecular complexity index is 722. The molecule has 0 aliphatic carbocycles. The number of rotatable bonds is 3. The molecule has 1 aliphatic rings. The highest BCUT2D eigenvalue weighted by molar-refractivity contribution is 6.30. The van der Waals surface area contributed by atoms with Crippen LogP contribution in [-0.2, 0) is 16.0 Å². The highest BCUT2D eigenvalue weighted by Crippen LogP contribution is 2.18. The molecule has 1 aliphatic heterocycles.